The molecule has 4 heteroatoms. The van der Waals surface area contributed by atoms with E-state index in [0.717, 1.165) is 12.8 Å². The Morgan fingerprint density at radius 1 is 1.50 bits per heavy atom. The van der Waals surface area contributed by atoms with Crippen molar-refractivity contribution in [1.82, 2.24) is 10.9 Å². The van der Waals surface area contributed by atoms with E-state index in [1.165, 1.54) is 0 Å². The first-order chi connectivity index (χ1) is 7.63. The first kappa shape index (κ1) is 13.0. The molecule has 16 heavy (non-hydrogen) atoms. The number of hydrazine groups is 1. The van der Waals surface area contributed by atoms with Gasteiger partial charge in [0.05, 0.1) is 0 Å². The number of carbonyl (C=O) groups excluding carboxylic acids is 1. The molecule has 0 aliphatic heterocycles. The van der Waals surface area contributed by atoms with E-state index in [0.29, 0.717) is 10.6 Å². The van der Waals surface area contributed by atoms with Crippen LogP contribution in [0.15, 0.2) is 24.3 Å². The van der Waals surface area contributed by atoms with Crippen molar-refractivity contribution in [2.75, 3.05) is 0 Å². The van der Waals surface area contributed by atoms with Crippen LogP contribution in [0, 0.1) is 0 Å². The highest BCUT2D eigenvalue weighted by Gasteiger charge is 2.06. The minimum Gasteiger partial charge on any atom is -0.287 e. The van der Waals surface area contributed by atoms with Crippen LogP contribution < -0.4 is 10.9 Å². The van der Waals surface area contributed by atoms with Crippen LogP contribution in [-0.2, 0) is 0 Å². The van der Waals surface area contributed by atoms with E-state index in [-0.39, 0.29) is 11.9 Å². The molecule has 3 nitrogen and oxygen atoms in total. The van der Waals surface area contributed by atoms with Gasteiger partial charge in [0.25, 0.3) is 5.91 Å². The smallest absolute Gasteiger partial charge is 0.265 e. The Morgan fingerprint density at radius 2 is 2.25 bits per heavy atom. The SMILES string of the molecule is CCCC(C)NNC(=O)c1cccc(Cl)c1. The zero-order valence-corrected chi connectivity index (χ0v) is 10.3. The second-order valence-electron chi connectivity index (χ2n) is 3.80. The van der Waals surface area contributed by atoms with Gasteiger partial charge in [-0.1, -0.05) is 31.0 Å². The maximum absolute atomic E-state index is 11.7. The van der Waals surface area contributed by atoms with Gasteiger partial charge in [0.15, 0.2) is 0 Å². The average molecular weight is 241 g/mol. The zero-order valence-electron chi connectivity index (χ0n) is 9.59. The third-order valence-corrected chi connectivity index (χ3v) is 2.48. The Bertz CT molecular complexity index is 355. The van der Waals surface area contributed by atoms with E-state index in [9.17, 15) is 4.79 Å². The molecule has 1 unspecified atom stereocenters. The molecule has 0 bridgehead atoms. The Kier molecular flexibility index (Phi) is 5.29. The largest absolute Gasteiger partial charge is 0.287 e. The van der Waals surface area contributed by atoms with Gasteiger partial charge in [0.1, 0.15) is 0 Å². The maximum atomic E-state index is 11.7. The molecule has 0 aliphatic carbocycles. The third kappa shape index (κ3) is 4.21. The summed E-state index contributed by atoms with van der Waals surface area (Å²) in [6.45, 7) is 4.14. The predicted octanol–water partition coefficient (Wildman–Crippen LogP) is 2.76. The van der Waals surface area contributed by atoms with Crippen molar-refractivity contribution in [3.05, 3.63) is 34.9 Å². The summed E-state index contributed by atoms with van der Waals surface area (Å²) in [7, 11) is 0. The zero-order chi connectivity index (χ0) is 12.0. The van der Waals surface area contributed by atoms with Crippen LogP contribution in [0.25, 0.3) is 0 Å². The molecule has 1 aromatic rings. The summed E-state index contributed by atoms with van der Waals surface area (Å²) in [6.07, 6.45) is 2.11. The van der Waals surface area contributed by atoms with Crippen molar-refractivity contribution in [2.45, 2.75) is 32.7 Å². The molecular weight excluding hydrogens is 224 g/mol. The van der Waals surface area contributed by atoms with Crippen molar-refractivity contribution in [1.29, 1.82) is 0 Å². The van der Waals surface area contributed by atoms with Gasteiger partial charge in [0.2, 0.25) is 0 Å². The monoisotopic (exact) mass is 240 g/mol. The van der Waals surface area contributed by atoms with E-state index in [2.05, 4.69) is 17.8 Å². The van der Waals surface area contributed by atoms with Gasteiger partial charge >= 0.3 is 0 Å². The quantitative estimate of drug-likeness (QED) is 0.777. The highest BCUT2D eigenvalue weighted by Crippen LogP contribution is 2.10. The third-order valence-electron chi connectivity index (χ3n) is 2.24. The number of rotatable bonds is 5. The van der Waals surface area contributed by atoms with E-state index in [1.807, 2.05) is 6.92 Å². The number of carbonyl (C=O) groups is 1. The number of benzene rings is 1. The minimum atomic E-state index is -0.162. The van der Waals surface area contributed by atoms with Gasteiger partial charge in [0, 0.05) is 16.6 Å². The maximum Gasteiger partial charge on any atom is 0.265 e. The first-order valence-electron chi connectivity index (χ1n) is 5.45. The van der Waals surface area contributed by atoms with Gasteiger partial charge in [-0.2, -0.15) is 0 Å². The lowest BCUT2D eigenvalue weighted by Crippen LogP contribution is -2.42. The summed E-state index contributed by atoms with van der Waals surface area (Å²) < 4.78 is 0. The molecule has 1 rings (SSSR count). The van der Waals surface area contributed by atoms with E-state index in [1.54, 1.807) is 24.3 Å². The van der Waals surface area contributed by atoms with Crippen LogP contribution in [0.2, 0.25) is 5.02 Å². The highest BCUT2D eigenvalue weighted by atomic mass is 35.5. The number of nitrogens with one attached hydrogen (secondary N) is 2. The predicted molar refractivity (Wildman–Crippen MR) is 66.4 cm³/mol. The Hall–Kier alpha value is -1.06. The molecule has 0 fully saturated rings. The molecule has 2 N–H and O–H groups in total. The Balaban J connectivity index is 2.47. The fourth-order valence-corrected chi connectivity index (χ4v) is 1.59. The van der Waals surface area contributed by atoms with E-state index < -0.39 is 0 Å². The van der Waals surface area contributed by atoms with Gasteiger partial charge in [-0.25, -0.2) is 5.43 Å². The van der Waals surface area contributed by atoms with Crippen LogP contribution in [0.1, 0.15) is 37.0 Å². The summed E-state index contributed by atoms with van der Waals surface area (Å²) in [4.78, 5) is 11.7. The Morgan fingerprint density at radius 3 is 2.88 bits per heavy atom. The average Bonchev–Trinajstić information content (AvgIpc) is 2.26. The van der Waals surface area contributed by atoms with Crippen LogP contribution in [0.3, 0.4) is 0 Å². The molecular formula is C12H17ClN2O. The molecule has 0 saturated heterocycles. The van der Waals surface area contributed by atoms with Crippen LogP contribution >= 0.6 is 11.6 Å². The number of hydrogen-bond donors (Lipinski definition) is 2. The topological polar surface area (TPSA) is 41.1 Å². The van der Waals surface area contributed by atoms with Gasteiger partial charge in [-0.3, -0.25) is 10.2 Å². The second-order valence-corrected chi connectivity index (χ2v) is 4.23. The first-order valence-corrected chi connectivity index (χ1v) is 5.82. The van der Waals surface area contributed by atoms with Crippen molar-refractivity contribution in [3.63, 3.8) is 0 Å². The van der Waals surface area contributed by atoms with E-state index in [4.69, 9.17) is 11.6 Å². The van der Waals surface area contributed by atoms with Crippen molar-refractivity contribution < 1.29 is 4.79 Å². The standard InChI is InChI=1S/C12H17ClN2O/c1-3-5-9(2)14-15-12(16)10-6-4-7-11(13)8-10/h4,6-9,14H,3,5H2,1-2H3,(H,15,16). The normalized spacial score (nSPS) is 12.2. The lowest BCUT2D eigenvalue weighted by molar-refractivity contribution is 0.0925. The molecule has 0 aliphatic rings. The highest BCUT2D eigenvalue weighted by molar-refractivity contribution is 6.30. The Labute approximate surface area is 101 Å². The summed E-state index contributed by atoms with van der Waals surface area (Å²) in [5.41, 5.74) is 6.18. The molecule has 0 heterocycles. The number of hydrogen-bond acceptors (Lipinski definition) is 2. The van der Waals surface area contributed by atoms with Crippen LogP contribution in [0.5, 0.6) is 0 Å². The molecule has 88 valence electrons. The molecule has 1 aromatic carbocycles. The van der Waals surface area contributed by atoms with Crippen molar-refractivity contribution >= 4 is 17.5 Å². The fourth-order valence-electron chi connectivity index (χ4n) is 1.40. The molecule has 0 saturated carbocycles. The van der Waals surface area contributed by atoms with Gasteiger partial charge in [-0.15, -0.1) is 0 Å². The second kappa shape index (κ2) is 6.51. The van der Waals surface area contributed by atoms with Crippen LogP contribution in [-0.4, -0.2) is 11.9 Å². The summed E-state index contributed by atoms with van der Waals surface area (Å²) >= 11 is 5.80. The molecule has 0 radical (unpaired) electrons. The molecule has 1 amide bonds. The minimum absolute atomic E-state index is 0.162. The van der Waals surface area contributed by atoms with Crippen molar-refractivity contribution in [2.24, 2.45) is 0 Å². The molecule has 0 spiro atoms. The lowest BCUT2D eigenvalue weighted by Gasteiger charge is -2.13. The fraction of sp³-hybridized carbons (Fsp3) is 0.417. The number of halogens is 1. The summed E-state index contributed by atoms with van der Waals surface area (Å²) in [6, 6.07) is 7.14. The van der Waals surface area contributed by atoms with E-state index >= 15 is 0 Å². The van der Waals surface area contributed by atoms with Gasteiger partial charge in [-0.05, 0) is 31.5 Å². The van der Waals surface area contributed by atoms with Gasteiger partial charge < -0.3 is 0 Å². The summed E-state index contributed by atoms with van der Waals surface area (Å²) in [5.74, 6) is -0.162. The number of amides is 1. The lowest BCUT2D eigenvalue weighted by atomic mass is 10.2. The summed E-state index contributed by atoms with van der Waals surface area (Å²) in [5, 5.41) is 0.564. The molecule has 1 atom stereocenters. The van der Waals surface area contributed by atoms with Crippen LogP contribution in [0.4, 0.5) is 0 Å². The molecule has 0 aromatic heterocycles. The van der Waals surface area contributed by atoms with Crippen molar-refractivity contribution in [3.8, 4) is 0 Å².